The number of carbonyl (C=O) groups excluding carboxylic acids is 3. The minimum absolute atomic E-state index is 0.170. The van der Waals surface area contributed by atoms with Gasteiger partial charge in [-0.2, -0.15) is 0 Å². The number of fused-ring (bicyclic) bond motifs is 1. The number of piperidine rings is 1. The Kier molecular flexibility index (Phi) is 11.4. The van der Waals surface area contributed by atoms with Crippen molar-refractivity contribution in [1.29, 1.82) is 0 Å². The summed E-state index contributed by atoms with van der Waals surface area (Å²) in [6.07, 6.45) is 5.15. The maximum Gasteiger partial charge on any atom is 0.246 e. The highest BCUT2D eigenvalue weighted by Crippen LogP contribution is 2.36. The molecule has 8 nitrogen and oxygen atoms in total. The normalized spacial score (nSPS) is 16.0. The van der Waals surface area contributed by atoms with Crippen LogP contribution in [0.5, 0.6) is 0 Å². The largest absolute Gasteiger partial charge is 0.384 e. The van der Waals surface area contributed by atoms with Crippen LogP contribution in [0.25, 0.3) is 10.8 Å². The lowest BCUT2D eigenvalue weighted by atomic mass is 9.89. The van der Waals surface area contributed by atoms with Gasteiger partial charge in [0.05, 0.1) is 0 Å². The number of aliphatic hydroxyl groups is 1. The van der Waals surface area contributed by atoms with Crippen LogP contribution in [0.15, 0.2) is 102 Å². The fraction of sp³-hybridized carbons (Fsp3) is 0.375. The van der Waals surface area contributed by atoms with E-state index in [-0.39, 0.29) is 24.1 Å². The molecule has 0 saturated carbocycles. The number of carbonyl (C=O) groups is 3. The summed E-state index contributed by atoms with van der Waals surface area (Å²) in [4.78, 5) is 48.2. The van der Waals surface area contributed by atoms with Crippen molar-refractivity contribution in [2.75, 3.05) is 27.2 Å². The number of hydrogen-bond acceptors (Lipinski definition) is 6. The van der Waals surface area contributed by atoms with Gasteiger partial charge in [-0.3, -0.25) is 14.4 Å². The second-order valence-corrected chi connectivity index (χ2v) is 14.9. The van der Waals surface area contributed by atoms with Gasteiger partial charge in [-0.05, 0) is 72.5 Å². The molecule has 1 fully saturated rings. The molecule has 1 aliphatic rings. The van der Waals surface area contributed by atoms with Crippen LogP contribution >= 0.6 is 11.3 Å². The highest BCUT2D eigenvalue weighted by Gasteiger charge is 2.40. The van der Waals surface area contributed by atoms with Crippen LogP contribution in [-0.4, -0.2) is 82.3 Å². The molecule has 0 aliphatic carbocycles. The topological polar surface area (TPSA) is 107 Å². The van der Waals surface area contributed by atoms with Crippen LogP contribution in [0.3, 0.4) is 0 Å². The minimum Gasteiger partial charge on any atom is -0.384 e. The Labute approximate surface area is 293 Å². The Balaban J connectivity index is 1.43. The van der Waals surface area contributed by atoms with E-state index in [1.54, 1.807) is 25.1 Å². The quantitative estimate of drug-likeness (QED) is 0.191. The van der Waals surface area contributed by atoms with Gasteiger partial charge in [-0.1, -0.05) is 84.9 Å². The van der Waals surface area contributed by atoms with E-state index in [1.807, 2.05) is 98.1 Å². The second-order valence-electron chi connectivity index (χ2n) is 13.9. The molecule has 3 N–H and O–H groups in total. The zero-order valence-corrected chi connectivity index (χ0v) is 29.7. The van der Waals surface area contributed by atoms with Crippen molar-refractivity contribution in [3.8, 4) is 0 Å². The highest BCUT2D eigenvalue weighted by molar-refractivity contribution is 7.10. The summed E-state index contributed by atoms with van der Waals surface area (Å²) in [5.41, 5.74) is 6.52. The van der Waals surface area contributed by atoms with Gasteiger partial charge in [0.1, 0.15) is 17.7 Å². The van der Waals surface area contributed by atoms with Crippen molar-refractivity contribution in [3.63, 3.8) is 0 Å². The lowest BCUT2D eigenvalue weighted by molar-refractivity contribution is -0.151. The molecule has 5 rings (SSSR count). The maximum atomic E-state index is 14.6. The molecular weight excluding hydrogens is 633 g/mol. The second kappa shape index (κ2) is 15.5. The number of benzene rings is 3. The van der Waals surface area contributed by atoms with Crippen molar-refractivity contribution in [3.05, 3.63) is 118 Å². The highest BCUT2D eigenvalue weighted by atomic mass is 32.1. The van der Waals surface area contributed by atoms with Crippen LogP contribution in [0.1, 0.15) is 49.1 Å². The molecule has 3 aromatic carbocycles. The number of likely N-dealkylation sites (tertiary alicyclic amines) is 1. The molecule has 0 spiro atoms. The third kappa shape index (κ3) is 9.03. The van der Waals surface area contributed by atoms with Crippen molar-refractivity contribution in [1.82, 2.24) is 14.7 Å². The first kappa shape index (κ1) is 36.0. The Morgan fingerprint density at radius 1 is 0.878 bits per heavy atom. The van der Waals surface area contributed by atoms with Crippen LogP contribution in [0, 0.1) is 0 Å². The Morgan fingerprint density at radius 3 is 2.18 bits per heavy atom. The molecule has 2 heterocycles. The van der Waals surface area contributed by atoms with E-state index in [0.29, 0.717) is 38.8 Å². The van der Waals surface area contributed by atoms with Gasteiger partial charge in [0, 0.05) is 50.4 Å². The first-order chi connectivity index (χ1) is 23.3. The van der Waals surface area contributed by atoms with E-state index >= 15 is 0 Å². The Hall–Kier alpha value is -4.31. The van der Waals surface area contributed by atoms with Crippen molar-refractivity contribution in [2.45, 2.75) is 69.2 Å². The van der Waals surface area contributed by atoms with Gasteiger partial charge >= 0.3 is 0 Å². The van der Waals surface area contributed by atoms with Crippen LogP contribution < -0.4 is 5.73 Å². The summed E-state index contributed by atoms with van der Waals surface area (Å²) < 4.78 is 0. The van der Waals surface area contributed by atoms with E-state index in [1.165, 1.54) is 27.2 Å². The zero-order valence-electron chi connectivity index (χ0n) is 28.9. The van der Waals surface area contributed by atoms with Gasteiger partial charge < -0.3 is 25.5 Å². The number of hydrogen-bond donors (Lipinski definition) is 2. The van der Waals surface area contributed by atoms with Gasteiger partial charge in [0.2, 0.25) is 17.7 Å². The summed E-state index contributed by atoms with van der Waals surface area (Å²) in [7, 11) is 3.31. The Morgan fingerprint density at radius 2 is 1.53 bits per heavy atom. The predicted octanol–water partition coefficient (Wildman–Crippen LogP) is 5.53. The third-order valence-corrected chi connectivity index (χ3v) is 10.6. The molecule has 49 heavy (non-hydrogen) atoms. The predicted molar refractivity (Wildman–Crippen MR) is 197 cm³/mol. The lowest BCUT2D eigenvalue weighted by Crippen LogP contribution is -2.57. The molecular formula is C40H48N4O4S. The maximum absolute atomic E-state index is 14.6. The summed E-state index contributed by atoms with van der Waals surface area (Å²) in [6, 6.07) is 26.0. The van der Waals surface area contributed by atoms with Crippen molar-refractivity contribution in [2.24, 2.45) is 5.73 Å². The molecule has 1 aliphatic heterocycles. The molecule has 0 unspecified atom stereocenters. The molecule has 1 aromatic heterocycles. The van der Waals surface area contributed by atoms with Gasteiger partial charge in [-0.25, -0.2) is 0 Å². The van der Waals surface area contributed by atoms with E-state index in [4.69, 9.17) is 5.73 Å². The van der Waals surface area contributed by atoms with Crippen molar-refractivity contribution >= 4 is 39.8 Å². The van der Waals surface area contributed by atoms with Gasteiger partial charge in [-0.15, -0.1) is 11.3 Å². The molecule has 1 saturated heterocycles. The number of amides is 3. The Bertz CT molecular complexity index is 1760. The van der Waals surface area contributed by atoms with Gasteiger partial charge in [0.25, 0.3) is 0 Å². The smallest absolute Gasteiger partial charge is 0.246 e. The van der Waals surface area contributed by atoms with Crippen LogP contribution in [-0.2, 0) is 32.8 Å². The minimum atomic E-state index is -0.970. The van der Waals surface area contributed by atoms with E-state index in [0.717, 1.165) is 26.8 Å². The zero-order chi connectivity index (χ0) is 35.2. The van der Waals surface area contributed by atoms with E-state index < -0.39 is 23.2 Å². The van der Waals surface area contributed by atoms with E-state index in [9.17, 15) is 19.5 Å². The van der Waals surface area contributed by atoms with Gasteiger partial charge in [0.15, 0.2) is 0 Å². The number of rotatable bonds is 12. The SMILES string of the molecule is CN(C(=O)C=CCC(C)(C)N)[C@H](Cc1ccc2ccccc2c1)C(=O)N(C)[C@H](Cc1ccccc1)C(=O)N1CCC(O)(c2cccs2)CC1. The van der Waals surface area contributed by atoms with Crippen LogP contribution in [0.4, 0.5) is 0 Å². The number of thiophene rings is 1. The molecule has 0 bridgehead atoms. The first-order valence-corrected chi connectivity index (χ1v) is 17.8. The van der Waals surface area contributed by atoms with E-state index in [2.05, 4.69) is 6.07 Å². The number of nitrogens with zero attached hydrogens (tertiary/aromatic N) is 3. The molecule has 3 amide bonds. The van der Waals surface area contributed by atoms with Crippen molar-refractivity contribution < 1.29 is 19.5 Å². The summed E-state index contributed by atoms with van der Waals surface area (Å²) in [5.74, 6) is -0.805. The standard InChI is InChI=1S/C40H48N4O4S/c1-39(2,41)20-10-17-36(45)42(3)33(28-30-18-19-31-14-8-9-15-32(31)26-30)37(46)43(4)34(27-29-12-6-5-7-13-29)38(47)44-23-21-40(48,22-24-44)35-16-11-25-49-35/h5-19,25-26,33-34,48H,20-24,27-28,41H2,1-4H3/t33-,34-/m1/s1. The third-order valence-electron chi connectivity index (χ3n) is 9.50. The average Bonchev–Trinajstić information content (AvgIpc) is 3.65. The monoisotopic (exact) mass is 680 g/mol. The molecule has 0 radical (unpaired) electrons. The number of nitrogens with two attached hydrogens (primary N) is 1. The molecule has 9 heteroatoms. The van der Waals surface area contributed by atoms with Crippen LogP contribution in [0.2, 0.25) is 0 Å². The fourth-order valence-electron chi connectivity index (χ4n) is 6.43. The summed E-state index contributed by atoms with van der Waals surface area (Å²) in [5, 5.41) is 15.4. The number of likely N-dealkylation sites (N-methyl/N-ethyl adjacent to an activating group) is 2. The summed E-state index contributed by atoms with van der Waals surface area (Å²) >= 11 is 1.52. The molecule has 258 valence electrons. The summed E-state index contributed by atoms with van der Waals surface area (Å²) in [6.45, 7) is 4.53. The molecule has 2 atom stereocenters. The molecule has 4 aromatic rings. The first-order valence-electron chi connectivity index (χ1n) is 16.9. The average molecular weight is 681 g/mol. The lowest BCUT2D eigenvalue weighted by Gasteiger charge is -2.41. The fourth-order valence-corrected chi connectivity index (χ4v) is 7.31.